The summed E-state index contributed by atoms with van der Waals surface area (Å²) in [4.78, 5) is 2.17. The zero-order chi connectivity index (χ0) is 9.68. The summed E-state index contributed by atoms with van der Waals surface area (Å²) in [5.41, 5.74) is 8.08. The minimum Gasteiger partial charge on any atom is -0.376 e. The molecule has 0 fully saturated rings. The van der Waals surface area contributed by atoms with E-state index in [1.54, 1.807) is 0 Å². The van der Waals surface area contributed by atoms with Gasteiger partial charge in [0.25, 0.3) is 0 Å². The smallest absolute Gasteiger partial charge is 0.0354 e. The molecule has 0 unspecified atom stereocenters. The molecule has 0 bridgehead atoms. The standard InChI is InChI=1S/C11H18N2/c1-10(5-6-12)8-11-4-3-7-13(2)9-11/h3-4,8-9H,5-7,12H2,1-2H3. The molecule has 2 heteroatoms. The van der Waals surface area contributed by atoms with Gasteiger partial charge < -0.3 is 10.6 Å². The highest BCUT2D eigenvalue weighted by atomic mass is 15.1. The van der Waals surface area contributed by atoms with Gasteiger partial charge in [-0.15, -0.1) is 0 Å². The van der Waals surface area contributed by atoms with Gasteiger partial charge in [-0.3, -0.25) is 0 Å². The van der Waals surface area contributed by atoms with Crippen LogP contribution < -0.4 is 5.73 Å². The first kappa shape index (κ1) is 10.1. The molecule has 0 saturated carbocycles. The summed E-state index contributed by atoms with van der Waals surface area (Å²) >= 11 is 0. The highest BCUT2D eigenvalue weighted by Gasteiger charge is 1.98. The van der Waals surface area contributed by atoms with Crippen LogP contribution in [0.2, 0.25) is 0 Å². The second kappa shape index (κ2) is 4.87. The topological polar surface area (TPSA) is 29.3 Å². The maximum absolute atomic E-state index is 5.47. The van der Waals surface area contributed by atoms with Crippen LogP contribution in [0.25, 0.3) is 0 Å². The molecule has 0 saturated heterocycles. The Morgan fingerprint density at radius 2 is 2.46 bits per heavy atom. The molecule has 1 heterocycles. The van der Waals surface area contributed by atoms with Crippen molar-refractivity contribution in [1.82, 2.24) is 4.90 Å². The third-order valence-electron chi connectivity index (χ3n) is 2.02. The Kier molecular flexibility index (Phi) is 3.77. The van der Waals surface area contributed by atoms with E-state index >= 15 is 0 Å². The Morgan fingerprint density at radius 1 is 1.69 bits per heavy atom. The Labute approximate surface area is 80.4 Å². The zero-order valence-corrected chi connectivity index (χ0v) is 8.46. The van der Waals surface area contributed by atoms with Gasteiger partial charge in [0.05, 0.1) is 0 Å². The summed E-state index contributed by atoms with van der Waals surface area (Å²) in [6.45, 7) is 3.86. The Bertz CT molecular complexity index is 249. The van der Waals surface area contributed by atoms with Crippen LogP contribution in [0.1, 0.15) is 13.3 Å². The van der Waals surface area contributed by atoms with Crippen molar-refractivity contribution in [2.24, 2.45) is 5.73 Å². The third kappa shape index (κ3) is 3.47. The predicted molar refractivity (Wildman–Crippen MR) is 57.3 cm³/mol. The first-order valence-corrected chi connectivity index (χ1v) is 4.68. The molecule has 0 aromatic carbocycles. The number of nitrogens with zero attached hydrogens (tertiary/aromatic N) is 1. The quantitative estimate of drug-likeness (QED) is 0.712. The van der Waals surface area contributed by atoms with Crippen molar-refractivity contribution in [3.8, 4) is 0 Å². The normalized spacial score (nSPS) is 17.6. The molecule has 13 heavy (non-hydrogen) atoms. The molecule has 1 aliphatic rings. The average Bonchev–Trinajstić information content (AvgIpc) is 2.04. The molecular weight excluding hydrogens is 160 g/mol. The van der Waals surface area contributed by atoms with Crippen molar-refractivity contribution in [3.05, 3.63) is 35.6 Å². The van der Waals surface area contributed by atoms with E-state index in [0.717, 1.165) is 19.5 Å². The average molecular weight is 178 g/mol. The van der Waals surface area contributed by atoms with Crippen molar-refractivity contribution in [2.45, 2.75) is 13.3 Å². The predicted octanol–water partition coefficient (Wildman–Crippen LogP) is 1.67. The molecule has 0 aromatic heterocycles. The molecular formula is C11H18N2. The van der Waals surface area contributed by atoms with Crippen LogP contribution in [0.4, 0.5) is 0 Å². The monoisotopic (exact) mass is 178 g/mol. The number of likely N-dealkylation sites (N-methyl/N-ethyl adjacent to an activating group) is 1. The van der Waals surface area contributed by atoms with E-state index in [-0.39, 0.29) is 0 Å². The van der Waals surface area contributed by atoms with E-state index in [4.69, 9.17) is 5.73 Å². The van der Waals surface area contributed by atoms with Gasteiger partial charge in [-0.1, -0.05) is 23.8 Å². The lowest BCUT2D eigenvalue weighted by Gasteiger charge is -2.16. The van der Waals surface area contributed by atoms with Gasteiger partial charge in [0.1, 0.15) is 0 Å². The van der Waals surface area contributed by atoms with Crippen LogP contribution in [-0.2, 0) is 0 Å². The van der Waals surface area contributed by atoms with Crippen molar-refractivity contribution in [3.63, 3.8) is 0 Å². The minimum absolute atomic E-state index is 0.731. The molecule has 0 spiro atoms. The highest BCUT2D eigenvalue weighted by Crippen LogP contribution is 2.10. The van der Waals surface area contributed by atoms with Crippen LogP contribution in [0, 0.1) is 0 Å². The molecule has 2 N–H and O–H groups in total. The SMILES string of the molecule is CC(=CC1=CN(C)CC=C1)CCN. The van der Waals surface area contributed by atoms with Crippen molar-refractivity contribution >= 4 is 0 Å². The van der Waals surface area contributed by atoms with Crippen LogP contribution in [-0.4, -0.2) is 25.0 Å². The maximum Gasteiger partial charge on any atom is 0.0354 e. The Hall–Kier alpha value is -1.02. The number of rotatable bonds is 3. The summed E-state index contributed by atoms with van der Waals surface area (Å²) in [6, 6.07) is 0. The van der Waals surface area contributed by atoms with Crippen LogP contribution in [0.5, 0.6) is 0 Å². The van der Waals surface area contributed by atoms with E-state index in [0.29, 0.717) is 0 Å². The molecule has 0 radical (unpaired) electrons. The van der Waals surface area contributed by atoms with Gasteiger partial charge in [-0.2, -0.15) is 0 Å². The number of allylic oxidation sites excluding steroid dienone is 3. The summed E-state index contributed by atoms with van der Waals surface area (Å²) in [7, 11) is 2.08. The largest absolute Gasteiger partial charge is 0.376 e. The van der Waals surface area contributed by atoms with E-state index in [9.17, 15) is 0 Å². The van der Waals surface area contributed by atoms with Gasteiger partial charge in [0.15, 0.2) is 0 Å². The van der Waals surface area contributed by atoms with Gasteiger partial charge in [-0.05, 0) is 25.5 Å². The molecule has 0 aliphatic carbocycles. The number of nitrogens with two attached hydrogens (primary N) is 1. The maximum atomic E-state index is 5.47. The fourth-order valence-electron chi connectivity index (χ4n) is 1.38. The van der Waals surface area contributed by atoms with Crippen molar-refractivity contribution in [2.75, 3.05) is 20.1 Å². The minimum atomic E-state index is 0.731. The first-order chi connectivity index (χ1) is 6.22. The highest BCUT2D eigenvalue weighted by molar-refractivity contribution is 5.34. The first-order valence-electron chi connectivity index (χ1n) is 4.68. The lowest BCUT2D eigenvalue weighted by molar-refractivity contribution is 0.501. The van der Waals surface area contributed by atoms with Gasteiger partial charge >= 0.3 is 0 Å². The fraction of sp³-hybridized carbons (Fsp3) is 0.455. The Balaban J connectivity index is 2.62. The van der Waals surface area contributed by atoms with Crippen LogP contribution in [0.15, 0.2) is 35.6 Å². The van der Waals surface area contributed by atoms with E-state index in [1.807, 2.05) is 0 Å². The summed E-state index contributed by atoms with van der Waals surface area (Å²) in [5, 5.41) is 0. The molecule has 1 rings (SSSR count). The lowest BCUT2D eigenvalue weighted by Crippen LogP contribution is -2.13. The molecule has 0 amide bonds. The van der Waals surface area contributed by atoms with Crippen LogP contribution >= 0.6 is 0 Å². The fourth-order valence-corrected chi connectivity index (χ4v) is 1.38. The second-order valence-corrected chi connectivity index (χ2v) is 3.50. The summed E-state index contributed by atoms with van der Waals surface area (Å²) in [5.74, 6) is 0. The van der Waals surface area contributed by atoms with Crippen molar-refractivity contribution < 1.29 is 0 Å². The zero-order valence-electron chi connectivity index (χ0n) is 8.46. The molecule has 1 aliphatic heterocycles. The molecule has 0 aromatic rings. The van der Waals surface area contributed by atoms with E-state index in [2.05, 4.69) is 43.3 Å². The van der Waals surface area contributed by atoms with E-state index in [1.165, 1.54) is 11.1 Å². The lowest BCUT2D eigenvalue weighted by atomic mass is 10.1. The number of hydrogen-bond donors (Lipinski definition) is 1. The van der Waals surface area contributed by atoms with Gasteiger partial charge in [-0.25, -0.2) is 0 Å². The van der Waals surface area contributed by atoms with Gasteiger partial charge in [0, 0.05) is 19.8 Å². The third-order valence-corrected chi connectivity index (χ3v) is 2.02. The molecule has 0 atom stereocenters. The summed E-state index contributed by atoms with van der Waals surface area (Å²) < 4.78 is 0. The van der Waals surface area contributed by atoms with Crippen LogP contribution in [0.3, 0.4) is 0 Å². The molecule has 72 valence electrons. The van der Waals surface area contributed by atoms with Crippen molar-refractivity contribution in [1.29, 1.82) is 0 Å². The summed E-state index contributed by atoms with van der Waals surface area (Å²) in [6.07, 6.45) is 9.65. The number of hydrogen-bond acceptors (Lipinski definition) is 2. The van der Waals surface area contributed by atoms with Gasteiger partial charge in [0.2, 0.25) is 0 Å². The second-order valence-electron chi connectivity index (χ2n) is 3.50. The Morgan fingerprint density at radius 3 is 3.08 bits per heavy atom. The van der Waals surface area contributed by atoms with E-state index < -0.39 is 0 Å². The molecule has 2 nitrogen and oxygen atoms in total.